The quantitative estimate of drug-likeness (QED) is 0.858. The van der Waals surface area contributed by atoms with Crippen molar-refractivity contribution in [2.24, 2.45) is 0 Å². The molecule has 2 N–H and O–H groups in total. The highest BCUT2D eigenvalue weighted by Crippen LogP contribution is 2.30. The van der Waals surface area contributed by atoms with Crippen LogP contribution in [0.15, 0.2) is 48.5 Å². The Morgan fingerprint density at radius 1 is 1.05 bits per heavy atom. The van der Waals surface area contributed by atoms with Crippen LogP contribution in [0.3, 0.4) is 0 Å². The number of aliphatic hydroxyl groups is 2. The van der Waals surface area contributed by atoms with Gasteiger partial charge in [-0.1, -0.05) is 30.3 Å². The number of benzene rings is 2. The van der Waals surface area contributed by atoms with E-state index in [1.54, 1.807) is 32.2 Å². The lowest BCUT2D eigenvalue weighted by molar-refractivity contribution is 0.104. The zero-order chi connectivity index (χ0) is 15.2. The van der Waals surface area contributed by atoms with Gasteiger partial charge in [0.1, 0.15) is 24.2 Å². The Kier molecular flexibility index (Phi) is 5.20. The minimum atomic E-state index is -0.723. The molecule has 2 atom stereocenters. The first-order chi connectivity index (χ1) is 10.1. The fourth-order valence-corrected chi connectivity index (χ4v) is 2.05. The van der Waals surface area contributed by atoms with E-state index in [9.17, 15) is 10.2 Å². The molecule has 112 valence electrons. The Labute approximate surface area is 124 Å². The van der Waals surface area contributed by atoms with Gasteiger partial charge in [0.2, 0.25) is 0 Å². The molecule has 0 bridgehead atoms. The average Bonchev–Trinajstić information content (AvgIpc) is 2.52. The van der Waals surface area contributed by atoms with Crippen molar-refractivity contribution < 1.29 is 19.7 Å². The van der Waals surface area contributed by atoms with Crippen LogP contribution < -0.4 is 9.47 Å². The molecule has 0 radical (unpaired) electrons. The van der Waals surface area contributed by atoms with Gasteiger partial charge >= 0.3 is 0 Å². The molecule has 0 saturated heterocycles. The van der Waals surface area contributed by atoms with Gasteiger partial charge in [0.25, 0.3) is 0 Å². The second kappa shape index (κ2) is 7.11. The van der Waals surface area contributed by atoms with E-state index < -0.39 is 12.2 Å². The van der Waals surface area contributed by atoms with Crippen LogP contribution in [0.25, 0.3) is 0 Å². The summed E-state index contributed by atoms with van der Waals surface area (Å²) in [6.07, 6.45) is -1.38. The van der Waals surface area contributed by atoms with E-state index in [1.165, 1.54) is 0 Å². The van der Waals surface area contributed by atoms with Crippen molar-refractivity contribution in [2.75, 3.05) is 13.7 Å². The standard InChI is InChI=1S/C17H20O4/c1-12(18)15-9-8-14(20-2)10-17(15)21-11-16(19)13-6-4-3-5-7-13/h3-10,12,16,18-19H,11H2,1-2H3. The zero-order valence-corrected chi connectivity index (χ0v) is 12.2. The molecular weight excluding hydrogens is 268 g/mol. The number of hydrogen-bond acceptors (Lipinski definition) is 4. The van der Waals surface area contributed by atoms with Crippen LogP contribution in [0.4, 0.5) is 0 Å². The summed E-state index contributed by atoms with van der Waals surface area (Å²) in [5, 5.41) is 19.9. The molecule has 4 nitrogen and oxygen atoms in total. The Balaban J connectivity index is 2.11. The normalized spacial score (nSPS) is 13.5. The highest BCUT2D eigenvalue weighted by Gasteiger charge is 2.13. The van der Waals surface area contributed by atoms with Crippen LogP contribution in [0.5, 0.6) is 11.5 Å². The van der Waals surface area contributed by atoms with E-state index in [4.69, 9.17) is 9.47 Å². The van der Waals surface area contributed by atoms with Crippen molar-refractivity contribution in [2.45, 2.75) is 19.1 Å². The van der Waals surface area contributed by atoms with Crippen molar-refractivity contribution in [1.82, 2.24) is 0 Å². The molecule has 0 aromatic heterocycles. The third-order valence-electron chi connectivity index (χ3n) is 3.25. The van der Waals surface area contributed by atoms with Gasteiger partial charge in [-0.25, -0.2) is 0 Å². The first-order valence-electron chi connectivity index (χ1n) is 6.83. The minimum Gasteiger partial charge on any atom is -0.497 e. The Morgan fingerprint density at radius 3 is 2.38 bits per heavy atom. The maximum absolute atomic E-state index is 10.1. The molecule has 0 saturated carbocycles. The summed E-state index contributed by atoms with van der Waals surface area (Å²) in [5.41, 5.74) is 1.45. The maximum Gasteiger partial charge on any atom is 0.128 e. The molecule has 0 fully saturated rings. The number of rotatable bonds is 6. The number of hydrogen-bond donors (Lipinski definition) is 2. The number of ether oxygens (including phenoxy) is 2. The fourth-order valence-electron chi connectivity index (χ4n) is 2.05. The van der Waals surface area contributed by atoms with Crippen LogP contribution >= 0.6 is 0 Å². The zero-order valence-electron chi connectivity index (χ0n) is 12.2. The van der Waals surface area contributed by atoms with Crippen molar-refractivity contribution in [3.05, 3.63) is 59.7 Å². The number of methoxy groups -OCH3 is 1. The Hall–Kier alpha value is -2.04. The van der Waals surface area contributed by atoms with Crippen LogP contribution in [0.2, 0.25) is 0 Å². The molecule has 0 aliphatic carbocycles. The molecule has 0 heterocycles. The summed E-state index contributed by atoms with van der Waals surface area (Å²) in [6, 6.07) is 14.5. The highest BCUT2D eigenvalue weighted by molar-refractivity contribution is 5.41. The third-order valence-corrected chi connectivity index (χ3v) is 3.25. The summed E-state index contributed by atoms with van der Waals surface area (Å²) in [7, 11) is 1.57. The molecule has 0 amide bonds. The van der Waals surface area contributed by atoms with Gasteiger partial charge in [-0.2, -0.15) is 0 Å². The second-order valence-electron chi connectivity index (χ2n) is 4.82. The van der Waals surface area contributed by atoms with Gasteiger partial charge in [0.15, 0.2) is 0 Å². The van der Waals surface area contributed by atoms with Crippen molar-refractivity contribution >= 4 is 0 Å². The minimum absolute atomic E-state index is 0.108. The van der Waals surface area contributed by atoms with Crippen molar-refractivity contribution in [3.8, 4) is 11.5 Å². The lowest BCUT2D eigenvalue weighted by atomic mass is 10.1. The average molecular weight is 288 g/mol. The fraction of sp³-hybridized carbons (Fsp3) is 0.294. The van der Waals surface area contributed by atoms with Gasteiger partial charge in [-0.05, 0) is 24.6 Å². The summed E-state index contributed by atoms with van der Waals surface area (Å²) < 4.78 is 10.8. The Morgan fingerprint density at radius 2 is 1.76 bits per heavy atom. The van der Waals surface area contributed by atoms with E-state index in [2.05, 4.69) is 0 Å². The van der Waals surface area contributed by atoms with Crippen molar-refractivity contribution in [3.63, 3.8) is 0 Å². The van der Waals surface area contributed by atoms with E-state index >= 15 is 0 Å². The molecule has 2 aromatic rings. The van der Waals surface area contributed by atoms with Crippen LogP contribution in [-0.2, 0) is 0 Å². The molecule has 2 aromatic carbocycles. The van der Waals surface area contributed by atoms with E-state index in [-0.39, 0.29) is 6.61 Å². The largest absolute Gasteiger partial charge is 0.497 e. The molecule has 0 spiro atoms. The summed E-state index contributed by atoms with van der Waals surface area (Å²) in [4.78, 5) is 0. The van der Waals surface area contributed by atoms with E-state index in [0.717, 1.165) is 5.56 Å². The summed E-state index contributed by atoms with van der Waals surface area (Å²) in [6.45, 7) is 1.78. The molecule has 21 heavy (non-hydrogen) atoms. The van der Waals surface area contributed by atoms with Gasteiger partial charge in [0, 0.05) is 11.6 Å². The first-order valence-corrected chi connectivity index (χ1v) is 6.83. The smallest absolute Gasteiger partial charge is 0.128 e. The first kappa shape index (κ1) is 15.4. The Bertz CT molecular complexity index is 566. The van der Waals surface area contributed by atoms with Gasteiger partial charge in [-0.3, -0.25) is 0 Å². The van der Waals surface area contributed by atoms with Gasteiger partial charge in [-0.15, -0.1) is 0 Å². The van der Waals surface area contributed by atoms with Crippen LogP contribution in [0, 0.1) is 0 Å². The van der Waals surface area contributed by atoms with Crippen LogP contribution in [-0.4, -0.2) is 23.9 Å². The molecule has 2 unspecified atom stereocenters. The lowest BCUT2D eigenvalue weighted by Crippen LogP contribution is -2.11. The van der Waals surface area contributed by atoms with E-state index in [0.29, 0.717) is 17.1 Å². The predicted molar refractivity (Wildman–Crippen MR) is 80.5 cm³/mol. The number of aliphatic hydroxyl groups excluding tert-OH is 2. The SMILES string of the molecule is COc1ccc(C(C)O)c(OCC(O)c2ccccc2)c1. The third kappa shape index (κ3) is 3.97. The second-order valence-corrected chi connectivity index (χ2v) is 4.82. The van der Waals surface area contributed by atoms with Gasteiger partial charge in [0.05, 0.1) is 13.2 Å². The van der Waals surface area contributed by atoms with E-state index in [1.807, 2.05) is 30.3 Å². The monoisotopic (exact) mass is 288 g/mol. The molecule has 4 heteroatoms. The van der Waals surface area contributed by atoms with Gasteiger partial charge < -0.3 is 19.7 Å². The molecule has 0 aliphatic heterocycles. The molecule has 2 rings (SSSR count). The van der Waals surface area contributed by atoms with Crippen LogP contribution in [0.1, 0.15) is 30.3 Å². The summed E-state index contributed by atoms with van der Waals surface area (Å²) >= 11 is 0. The predicted octanol–water partition coefficient (Wildman–Crippen LogP) is 2.86. The van der Waals surface area contributed by atoms with Crippen molar-refractivity contribution in [1.29, 1.82) is 0 Å². The molecular formula is C17H20O4. The highest BCUT2D eigenvalue weighted by atomic mass is 16.5. The summed E-state index contributed by atoms with van der Waals surface area (Å²) in [5.74, 6) is 1.16. The topological polar surface area (TPSA) is 58.9 Å². The maximum atomic E-state index is 10.1. The molecule has 0 aliphatic rings. The lowest BCUT2D eigenvalue weighted by Gasteiger charge is -2.17.